The number of benzene rings is 2. The van der Waals surface area contributed by atoms with Gasteiger partial charge in [-0.1, -0.05) is 31.3 Å². The summed E-state index contributed by atoms with van der Waals surface area (Å²) >= 11 is 1.38. The van der Waals surface area contributed by atoms with Gasteiger partial charge in [-0.05, 0) is 36.4 Å². The number of methoxy groups -OCH3 is 1. The lowest BCUT2D eigenvalue weighted by molar-refractivity contribution is 0.0962. The molecule has 1 heterocycles. The molecule has 3 rings (SSSR count). The zero-order valence-corrected chi connectivity index (χ0v) is 17.9. The van der Waals surface area contributed by atoms with Crippen molar-refractivity contribution in [1.29, 1.82) is 0 Å². The van der Waals surface area contributed by atoms with E-state index in [-0.39, 0.29) is 4.90 Å². The number of hydrogen-bond acceptors (Lipinski definition) is 7. The number of carbonyl (C=O) groups excluding carboxylic acids is 1. The van der Waals surface area contributed by atoms with Crippen LogP contribution in [0.15, 0.2) is 47.4 Å². The Morgan fingerprint density at radius 1 is 1.14 bits per heavy atom. The fourth-order valence-corrected chi connectivity index (χ4v) is 5.11. The van der Waals surface area contributed by atoms with Crippen molar-refractivity contribution in [2.45, 2.75) is 18.7 Å². The monoisotopic (exact) mass is 434 g/mol. The zero-order chi connectivity index (χ0) is 21.0. The first-order chi connectivity index (χ1) is 13.9. The third-order valence-corrected chi connectivity index (χ3v) is 7.34. The zero-order valence-electron chi connectivity index (χ0n) is 16.3. The van der Waals surface area contributed by atoms with Crippen molar-refractivity contribution in [2.24, 2.45) is 0 Å². The average Bonchev–Trinajstić information content (AvgIpc) is 3.16. The Hall–Kier alpha value is -2.69. The summed E-state index contributed by atoms with van der Waals surface area (Å²) in [4.78, 5) is 17.0. The number of nitrogens with one attached hydrogen (secondary N) is 2. The molecule has 3 aromatic rings. The summed E-state index contributed by atoms with van der Waals surface area (Å²) < 4.78 is 32.6. The highest BCUT2D eigenvalue weighted by Crippen LogP contribution is 2.31. The molecule has 1 amide bonds. The van der Waals surface area contributed by atoms with E-state index in [4.69, 9.17) is 4.74 Å². The minimum absolute atomic E-state index is 0.156. The molecule has 29 heavy (non-hydrogen) atoms. The van der Waals surface area contributed by atoms with Crippen LogP contribution in [-0.4, -0.2) is 43.8 Å². The maximum Gasteiger partial charge on any atom is 0.269 e. The van der Waals surface area contributed by atoms with Gasteiger partial charge in [-0.2, -0.15) is 4.31 Å². The number of aromatic nitrogens is 1. The number of rotatable bonds is 8. The van der Waals surface area contributed by atoms with Crippen molar-refractivity contribution in [2.75, 3.05) is 25.6 Å². The van der Waals surface area contributed by atoms with Gasteiger partial charge in [0.15, 0.2) is 0 Å². The van der Waals surface area contributed by atoms with E-state index in [0.29, 0.717) is 35.1 Å². The Kier molecular flexibility index (Phi) is 6.36. The molecule has 0 saturated heterocycles. The first kappa shape index (κ1) is 21.0. The maximum absolute atomic E-state index is 12.5. The predicted molar refractivity (Wildman–Crippen MR) is 114 cm³/mol. The Bertz CT molecular complexity index is 1110. The SMILES string of the molecule is CCN(CC)S(=O)(=O)c1ccc(C(=O)NNc2nc3c(OC)cccc3s2)cc1. The van der Waals surface area contributed by atoms with Crippen LogP contribution in [0.1, 0.15) is 24.2 Å². The number of ether oxygens (including phenoxy) is 1. The number of anilines is 1. The Morgan fingerprint density at radius 2 is 1.83 bits per heavy atom. The summed E-state index contributed by atoms with van der Waals surface area (Å²) in [5.41, 5.74) is 6.41. The van der Waals surface area contributed by atoms with Crippen molar-refractivity contribution < 1.29 is 17.9 Å². The lowest BCUT2D eigenvalue weighted by atomic mass is 10.2. The van der Waals surface area contributed by atoms with Gasteiger partial charge in [-0.25, -0.2) is 13.4 Å². The molecule has 0 unspecified atom stereocenters. The molecule has 0 saturated carbocycles. The van der Waals surface area contributed by atoms with Crippen LogP contribution in [0.5, 0.6) is 5.75 Å². The van der Waals surface area contributed by atoms with Crippen LogP contribution in [-0.2, 0) is 10.0 Å². The second kappa shape index (κ2) is 8.76. The lowest BCUT2D eigenvalue weighted by Gasteiger charge is -2.18. The predicted octanol–water partition coefficient (Wildman–Crippen LogP) is 3.09. The van der Waals surface area contributed by atoms with Crippen LogP contribution in [0.4, 0.5) is 5.13 Å². The van der Waals surface area contributed by atoms with Gasteiger partial charge in [0.05, 0.1) is 16.7 Å². The van der Waals surface area contributed by atoms with Gasteiger partial charge < -0.3 is 4.74 Å². The third-order valence-electron chi connectivity index (χ3n) is 4.34. The van der Waals surface area contributed by atoms with E-state index in [1.807, 2.05) is 18.2 Å². The molecule has 0 fully saturated rings. The number of para-hydroxylation sites is 1. The summed E-state index contributed by atoms with van der Waals surface area (Å²) in [6.07, 6.45) is 0. The van der Waals surface area contributed by atoms with Gasteiger partial charge in [0.1, 0.15) is 11.3 Å². The lowest BCUT2D eigenvalue weighted by Crippen LogP contribution is -2.31. The van der Waals surface area contributed by atoms with Gasteiger partial charge in [-0.3, -0.25) is 15.6 Å². The standard InChI is InChI=1S/C19H22N4O4S2/c1-4-23(5-2)29(25,26)14-11-9-13(10-12-14)18(24)21-22-19-20-17-15(27-3)7-6-8-16(17)28-19/h6-12H,4-5H2,1-3H3,(H,20,22)(H,21,24). The van der Waals surface area contributed by atoms with E-state index in [9.17, 15) is 13.2 Å². The molecule has 2 aromatic carbocycles. The van der Waals surface area contributed by atoms with Gasteiger partial charge in [0.2, 0.25) is 15.2 Å². The van der Waals surface area contributed by atoms with Crippen LogP contribution < -0.4 is 15.6 Å². The fourth-order valence-electron chi connectivity index (χ4n) is 2.81. The van der Waals surface area contributed by atoms with E-state index >= 15 is 0 Å². The third kappa shape index (κ3) is 4.34. The Morgan fingerprint density at radius 3 is 2.45 bits per heavy atom. The highest BCUT2D eigenvalue weighted by Gasteiger charge is 2.21. The van der Waals surface area contributed by atoms with Crippen LogP contribution in [0.2, 0.25) is 0 Å². The number of amides is 1. The molecule has 10 heteroatoms. The van der Waals surface area contributed by atoms with Crippen molar-refractivity contribution in [1.82, 2.24) is 14.7 Å². The molecule has 0 aliphatic heterocycles. The van der Waals surface area contributed by atoms with Crippen LogP contribution >= 0.6 is 11.3 Å². The second-order valence-electron chi connectivity index (χ2n) is 6.02. The quantitative estimate of drug-likeness (QED) is 0.529. The molecule has 154 valence electrons. The van der Waals surface area contributed by atoms with E-state index in [2.05, 4.69) is 15.8 Å². The minimum atomic E-state index is -3.55. The number of hydrogen-bond donors (Lipinski definition) is 2. The molecule has 0 radical (unpaired) electrons. The Labute approximate surface area is 173 Å². The molecular weight excluding hydrogens is 412 g/mol. The second-order valence-corrected chi connectivity index (χ2v) is 8.99. The summed E-state index contributed by atoms with van der Waals surface area (Å²) in [5, 5.41) is 0.513. The van der Waals surface area contributed by atoms with Gasteiger partial charge >= 0.3 is 0 Å². The summed E-state index contributed by atoms with van der Waals surface area (Å²) in [5.74, 6) is 0.256. The maximum atomic E-state index is 12.5. The van der Waals surface area contributed by atoms with E-state index < -0.39 is 15.9 Å². The topological polar surface area (TPSA) is 101 Å². The van der Waals surface area contributed by atoms with Crippen molar-refractivity contribution >= 4 is 42.6 Å². The van der Waals surface area contributed by atoms with Crippen LogP contribution in [0, 0.1) is 0 Å². The molecule has 0 atom stereocenters. The minimum Gasteiger partial charge on any atom is -0.494 e. The number of hydrazine groups is 1. The molecule has 2 N–H and O–H groups in total. The molecule has 1 aromatic heterocycles. The number of sulfonamides is 1. The Balaban J connectivity index is 1.70. The summed E-state index contributed by atoms with van der Waals surface area (Å²) in [6.45, 7) is 4.34. The molecule has 0 bridgehead atoms. The van der Waals surface area contributed by atoms with Crippen molar-refractivity contribution in [3.63, 3.8) is 0 Å². The van der Waals surface area contributed by atoms with E-state index in [1.54, 1.807) is 21.0 Å². The molecule has 0 aliphatic carbocycles. The van der Waals surface area contributed by atoms with Gasteiger partial charge in [-0.15, -0.1) is 0 Å². The van der Waals surface area contributed by atoms with Crippen molar-refractivity contribution in [3.05, 3.63) is 48.0 Å². The van der Waals surface area contributed by atoms with Crippen LogP contribution in [0.3, 0.4) is 0 Å². The number of fused-ring (bicyclic) bond motifs is 1. The molecule has 0 aliphatic rings. The highest BCUT2D eigenvalue weighted by atomic mass is 32.2. The molecule has 8 nitrogen and oxygen atoms in total. The summed E-state index contributed by atoms with van der Waals surface area (Å²) in [7, 11) is -1.98. The number of carbonyl (C=O) groups is 1. The summed E-state index contributed by atoms with van der Waals surface area (Å²) in [6, 6.07) is 11.4. The van der Waals surface area contributed by atoms with Crippen molar-refractivity contribution in [3.8, 4) is 5.75 Å². The smallest absolute Gasteiger partial charge is 0.269 e. The first-order valence-corrected chi connectivity index (χ1v) is 11.3. The first-order valence-electron chi connectivity index (χ1n) is 9.00. The number of thiazole rings is 1. The fraction of sp³-hybridized carbons (Fsp3) is 0.263. The molecular formula is C19H22N4O4S2. The number of nitrogens with zero attached hydrogens (tertiary/aromatic N) is 2. The van der Waals surface area contributed by atoms with E-state index in [1.165, 1.54) is 39.9 Å². The van der Waals surface area contributed by atoms with Crippen LogP contribution in [0.25, 0.3) is 10.2 Å². The van der Waals surface area contributed by atoms with Gasteiger partial charge in [0, 0.05) is 18.7 Å². The molecule has 0 spiro atoms. The average molecular weight is 435 g/mol. The highest BCUT2D eigenvalue weighted by molar-refractivity contribution is 7.89. The van der Waals surface area contributed by atoms with Gasteiger partial charge in [0.25, 0.3) is 5.91 Å². The normalized spacial score (nSPS) is 11.6. The largest absolute Gasteiger partial charge is 0.494 e. The van der Waals surface area contributed by atoms with E-state index in [0.717, 1.165) is 4.70 Å².